The van der Waals surface area contributed by atoms with Crippen LogP contribution >= 0.6 is 0 Å². The van der Waals surface area contributed by atoms with Gasteiger partial charge in [0.15, 0.2) is 0 Å². The number of ether oxygens (including phenoxy) is 2. The first-order chi connectivity index (χ1) is 7.72. The van der Waals surface area contributed by atoms with E-state index in [1.807, 2.05) is 0 Å². The lowest BCUT2D eigenvalue weighted by Gasteiger charge is -2.05. The number of nitrogens with zero attached hydrogens (tertiary/aromatic N) is 2. The van der Waals surface area contributed by atoms with E-state index in [2.05, 4.69) is 10.1 Å². The molecular formula is C9H13N3O4. The summed E-state index contributed by atoms with van der Waals surface area (Å²) in [5.74, 6) is -0.482. The molecule has 1 fully saturated rings. The van der Waals surface area contributed by atoms with Gasteiger partial charge in [0.05, 0.1) is 25.7 Å². The molecule has 2 atom stereocenters. The number of aromatic nitrogens is 2. The van der Waals surface area contributed by atoms with E-state index >= 15 is 0 Å². The van der Waals surface area contributed by atoms with E-state index in [1.54, 1.807) is 6.92 Å². The Morgan fingerprint density at radius 1 is 1.62 bits per heavy atom. The number of hydrogen-bond acceptors (Lipinski definition) is 7. The molecule has 2 heterocycles. The van der Waals surface area contributed by atoms with E-state index in [0.29, 0.717) is 19.1 Å². The summed E-state index contributed by atoms with van der Waals surface area (Å²) in [6.07, 6.45) is 0. The monoisotopic (exact) mass is 227 g/mol. The van der Waals surface area contributed by atoms with Gasteiger partial charge in [-0.2, -0.15) is 4.98 Å². The molecule has 1 aromatic rings. The maximum Gasteiger partial charge on any atom is 0.379 e. The van der Waals surface area contributed by atoms with Crippen molar-refractivity contribution in [2.24, 2.45) is 5.73 Å². The molecule has 2 N–H and O–H groups in total. The number of nitrogens with two attached hydrogens (primary N) is 1. The molecule has 0 amide bonds. The first-order valence-corrected chi connectivity index (χ1v) is 5.06. The van der Waals surface area contributed by atoms with Crippen molar-refractivity contribution in [3.05, 3.63) is 11.7 Å². The fourth-order valence-corrected chi connectivity index (χ4v) is 1.49. The lowest BCUT2D eigenvalue weighted by Crippen LogP contribution is -2.27. The number of carbonyl (C=O) groups is 1. The van der Waals surface area contributed by atoms with Crippen LogP contribution in [0.1, 0.15) is 29.4 Å². The SMILES string of the molecule is CCOC(=O)c1noc(C2COCC2N)n1. The highest BCUT2D eigenvalue weighted by Crippen LogP contribution is 2.22. The Hall–Kier alpha value is -1.47. The molecule has 0 bridgehead atoms. The summed E-state index contributed by atoms with van der Waals surface area (Å²) in [6.45, 7) is 2.88. The molecule has 0 saturated carbocycles. The fourth-order valence-electron chi connectivity index (χ4n) is 1.49. The van der Waals surface area contributed by atoms with Crippen molar-refractivity contribution in [2.45, 2.75) is 18.9 Å². The Balaban J connectivity index is 2.10. The van der Waals surface area contributed by atoms with E-state index in [9.17, 15) is 4.79 Å². The normalized spacial score (nSPS) is 24.6. The van der Waals surface area contributed by atoms with Crippen LogP contribution in [0.15, 0.2) is 4.52 Å². The molecule has 16 heavy (non-hydrogen) atoms. The predicted molar refractivity (Wildman–Crippen MR) is 51.8 cm³/mol. The summed E-state index contributed by atoms with van der Waals surface area (Å²) in [6, 6.07) is -0.171. The summed E-state index contributed by atoms with van der Waals surface area (Å²) >= 11 is 0. The third-order valence-corrected chi connectivity index (χ3v) is 2.34. The third kappa shape index (κ3) is 2.05. The highest BCUT2D eigenvalue weighted by Gasteiger charge is 2.32. The molecular weight excluding hydrogens is 214 g/mol. The molecule has 0 spiro atoms. The molecule has 7 heteroatoms. The van der Waals surface area contributed by atoms with Crippen LogP contribution in [0.2, 0.25) is 0 Å². The van der Waals surface area contributed by atoms with Gasteiger partial charge in [0.2, 0.25) is 5.89 Å². The predicted octanol–water partition coefficient (Wildman–Crippen LogP) is -0.313. The standard InChI is InChI=1S/C9H13N3O4/c1-2-15-9(13)7-11-8(16-12-7)5-3-14-4-6(5)10/h5-6H,2-4,10H2,1H3. The maximum absolute atomic E-state index is 11.3. The average molecular weight is 227 g/mol. The molecule has 7 nitrogen and oxygen atoms in total. The minimum Gasteiger partial charge on any atom is -0.460 e. The molecule has 1 aliphatic rings. The summed E-state index contributed by atoms with van der Waals surface area (Å²) in [4.78, 5) is 15.2. The Morgan fingerprint density at radius 3 is 3.06 bits per heavy atom. The summed E-state index contributed by atoms with van der Waals surface area (Å²) in [5.41, 5.74) is 5.79. The number of hydrogen-bond donors (Lipinski definition) is 1. The minimum absolute atomic E-state index is 0.0732. The van der Waals surface area contributed by atoms with E-state index in [4.69, 9.17) is 19.7 Å². The van der Waals surface area contributed by atoms with E-state index < -0.39 is 5.97 Å². The van der Waals surface area contributed by atoms with Gasteiger partial charge in [0.25, 0.3) is 5.82 Å². The van der Waals surface area contributed by atoms with Crippen LogP contribution in [0.3, 0.4) is 0 Å². The largest absolute Gasteiger partial charge is 0.460 e. The molecule has 1 aliphatic heterocycles. The first kappa shape index (κ1) is 11.0. The van der Waals surface area contributed by atoms with Crippen LogP contribution in [-0.2, 0) is 9.47 Å². The van der Waals surface area contributed by atoms with Gasteiger partial charge < -0.3 is 19.7 Å². The molecule has 1 aromatic heterocycles. The van der Waals surface area contributed by atoms with Crippen molar-refractivity contribution in [1.29, 1.82) is 0 Å². The second-order valence-corrected chi connectivity index (χ2v) is 3.48. The van der Waals surface area contributed by atoms with Crippen LogP contribution in [0.25, 0.3) is 0 Å². The quantitative estimate of drug-likeness (QED) is 0.706. The minimum atomic E-state index is -0.593. The van der Waals surface area contributed by atoms with Gasteiger partial charge in [-0.3, -0.25) is 0 Å². The van der Waals surface area contributed by atoms with Gasteiger partial charge in [0.1, 0.15) is 0 Å². The summed E-state index contributed by atoms with van der Waals surface area (Å²) in [7, 11) is 0. The van der Waals surface area contributed by atoms with Gasteiger partial charge >= 0.3 is 5.97 Å². The maximum atomic E-state index is 11.3. The zero-order valence-corrected chi connectivity index (χ0v) is 8.88. The van der Waals surface area contributed by atoms with Gasteiger partial charge in [-0.25, -0.2) is 4.79 Å². The second kappa shape index (κ2) is 4.58. The average Bonchev–Trinajstić information content (AvgIpc) is 2.86. The smallest absolute Gasteiger partial charge is 0.379 e. The summed E-state index contributed by atoms with van der Waals surface area (Å²) in [5, 5.41) is 3.54. The van der Waals surface area contributed by atoms with Gasteiger partial charge in [-0.15, -0.1) is 0 Å². The van der Waals surface area contributed by atoms with Crippen LogP contribution < -0.4 is 5.73 Å². The van der Waals surface area contributed by atoms with Gasteiger partial charge in [-0.1, -0.05) is 0 Å². The van der Waals surface area contributed by atoms with Crippen LogP contribution in [0.4, 0.5) is 0 Å². The topological polar surface area (TPSA) is 100 Å². The summed E-state index contributed by atoms with van der Waals surface area (Å²) < 4.78 is 14.9. The first-order valence-electron chi connectivity index (χ1n) is 5.06. The lowest BCUT2D eigenvalue weighted by molar-refractivity contribution is 0.0508. The van der Waals surface area contributed by atoms with Gasteiger partial charge in [0, 0.05) is 6.04 Å². The van der Waals surface area contributed by atoms with Crippen LogP contribution in [0, 0.1) is 0 Å². The van der Waals surface area contributed by atoms with Crippen molar-refractivity contribution in [3.8, 4) is 0 Å². The molecule has 2 rings (SSSR count). The molecule has 0 aromatic carbocycles. The highest BCUT2D eigenvalue weighted by atomic mass is 16.5. The molecule has 0 radical (unpaired) electrons. The van der Waals surface area contributed by atoms with Crippen molar-refractivity contribution >= 4 is 5.97 Å². The van der Waals surface area contributed by atoms with Crippen molar-refractivity contribution < 1.29 is 18.8 Å². The second-order valence-electron chi connectivity index (χ2n) is 3.48. The number of esters is 1. The Bertz CT molecular complexity index is 379. The zero-order chi connectivity index (χ0) is 11.5. The number of carbonyl (C=O) groups excluding carboxylic acids is 1. The van der Waals surface area contributed by atoms with E-state index in [0.717, 1.165) is 0 Å². The van der Waals surface area contributed by atoms with Crippen molar-refractivity contribution in [3.63, 3.8) is 0 Å². The Labute approximate surface area is 91.9 Å². The highest BCUT2D eigenvalue weighted by molar-refractivity contribution is 5.84. The van der Waals surface area contributed by atoms with Crippen LogP contribution in [0.5, 0.6) is 0 Å². The van der Waals surface area contributed by atoms with E-state index in [-0.39, 0.29) is 24.4 Å². The Kier molecular flexibility index (Phi) is 3.16. The van der Waals surface area contributed by atoms with E-state index in [1.165, 1.54) is 0 Å². The molecule has 1 saturated heterocycles. The van der Waals surface area contributed by atoms with Crippen molar-refractivity contribution in [2.75, 3.05) is 19.8 Å². The molecule has 88 valence electrons. The van der Waals surface area contributed by atoms with Gasteiger partial charge in [-0.05, 0) is 12.1 Å². The fraction of sp³-hybridized carbons (Fsp3) is 0.667. The zero-order valence-electron chi connectivity index (χ0n) is 8.88. The van der Waals surface area contributed by atoms with Crippen LogP contribution in [-0.4, -0.2) is 42.0 Å². The Morgan fingerprint density at radius 2 is 2.44 bits per heavy atom. The van der Waals surface area contributed by atoms with Crippen molar-refractivity contribution in [1.82, 2.24) is 10.1 Å². The molecule has 2 unspecified atom stereocenters. The lowest BCUT2D eigenvalue weighted by atomic mass is 10.1. The molecule has 0 aliphatic carbocycles. The third-order valence-electron chi connectivity index (χ3n) is 2.34. The number of rotatable bonds is 3.